The molecular formula is C15H19NO7S. The minimum atomic E-state index is -4.02. The van der Waals surface area contributed by atoms with Crippen LogP contribution in [0.25, 0.3) is 0 Å². The summed E-state index contributed by atoms with van der Waals surface area (Å²) in [5.74, 6) is -1.78. The molecule has 132 valence electrons. The third-order valence-electron chi connectivity index (χ3n) is 3.92. The molecule has 2 rings (SSSR count). The maximum atomic E-state index is 12.8. The summed E-state index contributed by atoms with van der Waals surface area (Å²) < 4.78 is 36.3. The number of carboxylic acids is 1. The second-order valence-electron chi connectivity index (χ2n) is 5.32. The van der Waals surface area contributed by atoms with Crippen LogP contribution in [-0.4, -0.2) is 56.6 Å². The Balaban J connectivity index is 2.45. The zero-order chi connectivity index (χ0) is 17.9. The number of piperidine rings is 1. The van der Waals surface area contributed by atoms with Gasteiger partial charge in [-0.15, -0.1) is 0 Å². The predicted molar refractivity (Wildman–Crippen MR) is 83.5 cm³/mol. The van der Waals surface area contributed by atoms with E-state index in [4.69, 9.17) is 4.74 Å². The largest absolute Gasteiger partial charge is 0.496 e. The van der Waals surface area contributed by atoms with Crippen LogP contribution in [0, 0.1) is 0 Å². The molecule has 1 atom stereocenters. The summed E-state index contributed by atoms with van der Waals surface area (Å²) in [6.45, 7) is 0.139. The molecular weight excluding hydrogens is 338 g/mol. The first-order chi connectivity index (χ1) is 11.3. The van der Waals surface area contributed by atoms with Crippen LogP contribution in [0.4, 0.5) is 0 Å². The number of carboxylic acid groups (broad SMARTS) is 1. The molecule has 24 heavy (non-hydrogen) atoms. The summed E-state index contributed by atoms with van der Waals surface area (Å²) in [5, 5.41) is 9.28. The molecule has 0 spiro atoms. The number of benzene rings is 1. The van der Waals surface area contributed by atoms with Gasteiger partial charge in [0.25, 0.3) is 0 Å². The molecule has 8 nitrogen and oxygen atoms in total. The Kier molecular flexibility index (Phi) is 5.45. The van der Waals surface area contributed by atoms with E-state index in [9.17, 15) is 23.1 Å². The average Bonchev–Trinajstić information content (AvgIpc) is 2.60. The second-order valence-corrected chi connectivity index (χ2v) is 7.21. The van der Waals surface area contributed by atoms with Crippen LogP contribution in [-0.2, 0) is 19.6 Å². The van der Waals surface area contributed by atoms with Crippen LogP contribution in [0.5, 0.6) is 5.75 Å². The minimum absolute atomic E-state index is 0.0480. The lowest BCUT2D eigenvalue weighted by molar-refractivity contribution is -0.142. The molecule has 0 saturated carbocycles. The van der Waals surface area contributed by atoms with Gasteiger partial charge >= 0.3 is 11.9 Å². The monoisotopic (exact) mass is 357 g/mol. The van der Waals surface area contributed by atoms with Gasteiger partial charge in [-0.05, 0) is 31.4 Å². The van der Waals surface area contributed by atoms with Crippen molar-refractivity contribution >= 4 is 22.0 Å². The summed E-state index contributed by atoms with van der Waals surface area (Å²) in [6.07, 6.45) is 1.53. The number of hydrogen-bond donors (Lipinski definition) is 1. The molecule has 0 bridgehead atoms. The van der Waals surface area contributed by atoms with Gasteiger partial charge in [0.05, 0.1) is 19.1 Å². The van der Waals surface area contributed by atoms with Gasteiger partial charge in [0.1, 0.15) is 17.4 Å². The molecule has 1 aromatic rings. The number of esters is 1. The fourth-order valence-electron chi connectivity index (χ4n) is 2.69. The summed E-state index contributed by atoms with van der Waals surface area (Å²) in [4.78, 5) is 22.9. The number of carbonyl (C=O) groups excluding carboxylic acids is 1. The molecule has 9 heteroatoms. The van der Waals surface area contributed by atoms with Gasteiger partial charge in [0.2, 0.25) is 10.0 Å². The molecule has 1 aliphatic heterocycles. The normalized spacial score (nSPS) is 18.8. The Morgan fingerprint density at radius 2 is 1.96 bits per heavy atom. The maximum Gasteiger partial charge on any atom is 0.341 e. The number of nitrogens with zero attached hydrogens (tertiary/aromatic N) is 1. The molecule has 1 saturated heterocycles. The number of aliphatic carboxylic acids is 1. The highest BCUT2D eigenvalue weighted by Gasteiger charge is 2.38. The molecule has 0 amide bonds. The van der Waals surface area contributed by atoms with Crippen molar-refractivity contribution in [1.82, 2.24) is 4.31 Å². The fraction of sp³-hybridized carbons (Fsp3) is 0.467. The number of carbonyl (C=O) groups is 2. The molecule has 1 aromatic carbocycles. The van der Waals surface area contributed by atoms with Crippen LogP contribution >= 0.6 is 0 Å². The maximum absolute atomic E-state index is 12.8. The fourth-order valence-corrected chi connectivity index (χ4v) is 4.35. The summed E-state index contributed by atoms with van der Waals surface area (Å²) >= 11 is 0. The molecule has 0 aliphatic carbocycles. The summed E-state index contributed by atoms with van der Waals surface area (Å²) in [5.41, 5.74) is 0.0902. The van der Waals surface area contributed by atoms with Gasteiger partial charge in [0, 0.05) is 12.6 Å². The van der Waals surface area contributed by atoms with Crippen molar-refractivity contribution in [2.24, 2.45) is 0 Å². The van der Waals surface area contributed by atoms with Crippen molar-refractivity contribution in [1.29, 1.82) is 0 Å². The average molecular weight is 357 g/mol. The smallest absolute Gasteiger partial charge is 0.341 e. The molecule has 1 N–H and O–H groups in total. The standard InChI is InChI=1S/C15H19NO7S/c1-22-13-9-10(6-7-11(13)15(19)23-2)24(20,21)16-8-4-3-5-12(16)14(17)18/h6-7,9,12H,3-5,8H2,1-2H3,(H,17,18). The second kappa shape index (κ2) is 7.18. The van der Waals surface area contributed by atoms with Crippen molar-refractivity contribution in [3.63, 3.8) is 0 Å². The van der Waals surface area contributed by atoms with Gasteiger partial charge < -0.3 is 14.6 Å². The third-order valence-corrected chi connectivity index (χ3v) is 5.83. The lowest BCUT2D eigenvalue weighted by Gasteiger charge is -2.31. The lowest BCUT2D eigenvalue weighted by atomic mass is 10.1. The molecule has 0 radical (unpaired) electrons. The van der Waals surface area contributed by atoms with Gasteiger partial charge in [-0.3, -0.25) is 4.79 Å². The Labute approximate surface area is 140 Å². The van der Waals surface area contributed by atoms with Crippen molar-refractivity contribution < 1.29 is 32.6 Å². The van der Waals surface area contributed by atoms with E-state index < -0.39 is 28.0 Å². The van der Waals surface area contributed by atoms with Gasteiger partial charge in [-0.2, -0.15) is 4.31 Å². The van der Waals surface area contributed by atoms with E-state index in [1.54, 1.807) is 0 Å². The van der Waals surface area contributed by atoms with Gasteiger partial charge in [-0.1, -0.05) is 0 Å². The van der Waals surface area contributed by atoms with Crippen LogP contribution in [0.1, 0.15) is 29.6 Å². The number of hydrogen-bond acceptors (Lipinski definition) is 6. The van der Waals surface area contributed by atoms with Crippen molar-refractivity contribution in [3.8, 4) is 5.75 Å². The Morgan fingerprint density at radius 3 is 2.54 bits per heavy atom. The Morgan fingerprint density at radius 1 is 1.25 bits per heavy atom. The molecule has 1 fully saturated rings. The van der Waals surface area contributed by atoms with E-state index in [-0.39, 0.29) is 29.2 Å². The first-order valence-electron chi connectivity index (χ1n) is 7.34. The van der Waals surface area contributed by atoms with Crippen molar-refractivity contribution in [3.05, 3.63) is 23.8 Å². The highest BCUT2D eigenvalue weighted by molar-refractivity contribution is 7.89. The molecule has 1 aliphatic rings. The molecule has 1 heterocycles. The highest BCUT2D eigenvalue weighted by Crippen LogP contribution is 2.29. The SMILES string of the molecule is COC(=O)c1ccc(S(=O)(=O)N2CCCCC2C(=O)O)cc1OC. The number of sulfonamides is 1. The van der Waals surface area contributed by atoms with Crippen LogP contribution in [0.3, 0.4) is 0 Å². The highest BCUT2D eigenvalue weighted by atomic mass is 32.2. The van der Waals surface area contributed by atoms with E-state index in [1.165, 1.54) is 32.4 Å². The first kappa shape index (κ1) is 18.2. The van der Waals surface area contributed by atoms with Gasteiger partial charge in [0.15, 0.2) is 0 Å². The summed E-state index contributed by atoms with van der Waals surface area (Å²) in [7, 11) is -1.51. The topological polar surface area (TPSA) is 110 Å². The van der Waals surface area contributed by atoms with E-state index in [2.05, 4.69) is 4.74 Å². The van der Waals surface area contributed by atoms with E-state index >= 15 is 0 Å². The van der Waals surface area contributed by atoms with Crippen molar-refractivity contribution in [2.45, 2.75) is 30.2 Å². The van der Waals surface area contributed by atoms with Gasteiger partial charge in [-0.25, -0.2) is 13.2 Å². The molecule has 1 unspecified atom stereocenters. The van der Waals surface area contributed by atoms with Crippen LogP contribution in [0.2, 0.25) is 0 Å². The lowest BCUT2D eigenvalue weighted by Crippen LogP contribution is -2.47. The minimum Gasteiger partial charge on any atom is -0.496 e. The third kappa shape index (κ3) is 3.36. The quantitative estimate of drug-likeness (QED) is 0.786. The Hall–Kier alpha value is -2.13. The van der Waals surface area contributed by atoms with Crippen LogP contribution < -0.4 is 4.74 Å². The molecule has 0 aromatic heterocycles. The van der Waals surface area contributed by atoms with E-state index in [0.717, 1.165) is 4.31 Å². The number of ether oxygens (including phenoxy) is 2. The van der Waals surface area contributed by atoms with E-state index in [1.807, 2.05) is 0 Å². The number of rotatable bonds is 5. The Bertz CT molecular complexity index is 744. The van der Waals surface area contributed by atoms with Crippen LogP contribution in [0.15, 0.2) is 23.1 Å². The first-order valence-corrected chi connectivity index (χ1v) is 8.78. The van der Waals surface area contributed by atoms with E-state index in [0.29, 0.717) is 12.8 Å². The van der Waals surface area contributed by atoms with Crippen molar-refractivity contribution in [2.75, 3.05) is 20.8 Å². The zero-order valence-corrected chi connectivity index (χ0v) is 14.2. The summed E-state index contributed by atoms with van der Waals surface area (Å²) in [6, 6.07) is 2.65. The predicted octanol–water partition coefficient (Wildman–Crippen LogP) is 1.11. The number of methoxy groups -OCH3 is 2. The zero-order valence-electron chi connectivity index (χ0n) is 13.4.